The third kappa shape index (κ3) is 2.60. The molecule has 1 saturated heterocycles. The number of hydrogen-bond acceptors (Lipinski definition) is 2. The Hall–Kier alpha value is -2.07. The first kappa shape index (κ1) is 12.9. The molecule has 1 fully saturated rings. The second-order valence-electron chi connectivity index (χ2n) is 5.22. The molecule has 1 atom stereocenters. The van der Waals surface area contributed by atoms with Gasteiger partial charge >= 0.3 is 5.97 Å². The predicted octanol–water partition coefficient (Wildman–Crippen LogP) is 2.53. The number of rotatable bonds is 4. The summed E-state index contributed by atoms with van der Waals surface area (Å²) in [5.41, 5.74) is 2.28. The number of aromatic nitrogens is 1. The predicted molar refractivity (Wildman–Crippen MR) is 76.8 cm³/mol. The quantitative estimate of drug-likeness (QED) is 0.928. The topological polar surface area (TPSA) is 45.5 Å². The summed E-state index contributed by atoms with van der Waals surface area (Å²) < 4.78 is 2.06. The largest absolute Gasteiger partial charge is 0.480 e. The van der Waals surface area contributed by atoms with Crippen molar-refractivity contribution in [3.8, 4) is 5.69 Å². The van der Waals surface area contributed by atoms with E-state index in [0.29, 0.717) is 6.54 Å². The maximum atomic E-state index is 11.2. The van der Waals surface area contributed by atoms with Gasteiger partial charge in [-0.3, -0.25) is 9.69 Å². The van der Waals surface area contributed by atoms with Crippen LogP contribution in [-0.2, 0) is 11.3 Å². The van der Waals surface area contributed by atoms with Gasteiger partial charge in [-0.15, -0.1) is 0 Å². The van der Waals surface area contributed by atoms with Crippen molar-refractivity contribution in [2.24, 2.45) is 0 Å². The van der Waals surface area contributed by atoms with Gasteiger partial charge in [0.2, 0.25) is 0 Å². The standard InChI is InChI=1S/C16H18N2O2/c19-16(20)15-4-3-11-18(15)12-13-5-7-14(8-6-13)17-9-1-2-10-17/h1-2,5-10,15H,3-4,11-12H2,(H,19,20)/t15-/m0/s1. The van der Waals surface area contributed by atoms with Crippen molar-refractivity contribution in [2.45, 2.75) is 25.4 Å². The zero-order chi connectivity index (χ0) is 13.9. The molecule has 4 nitrogen and oxygen atoms in total. The Labute approximate surface area is 118 Å². The lowest BCUT2D eigenvalue weighted by atomic mass is 10.1. The normalized spacial score (nSPS) is 19.3. The summed E-state index contributed by atoms with van der Waals surface area (Å²) in [7, 11) is 0. The number of hydrogen-bond donors (Lipinski definition) is 1. The van der Waals surface area contributed by atoms with Crippen molar-refractivity contribution in [3.63, 3.8) is 0 Å². The molecule has 0 spiro atoms. The second-order valence-corrected chi connectivity index (χ2v) is 5.22. The van der Waals surface area contributed by atoms with E-state index >= 15 is 0 Å². The molecule has 2 heterocycles. The molecule has 0 amide bonds. The van der Waals surface area contributed by atoms with Crippen molar-refractivity contribution >= 4 is 5.97 Å². The van der Waals surface area contributed by atoms with Crippen LogP contribution < -0.4 is 0 Å². The number of likely N-dealkylation sites (tertiary alicyclic amines) is 1. The lowest BCUT2D eigenvalue weighted by Gasteiger charge is -2.21. The molecule has 1 aromatic heterocycles. The summed E-state index contributed by atoms with van der Waals surface area (Å²) in [6, 6.07) is 12.0. The van der Waals surface area contributed by atoms with Crippen LogP contribution in [-0.4, -0.2) is 33.1 Å². The minimum absolute atomic E-state index is 0.320. The van der Waals surface area contributed by atoms with Gasteiger partial charge < -0.3 is 9.67 Å². The van der Waals surface area contributed by atoms with E-state index in [2.05, 4.69) is 28.8 Å². The third-order valence-electron chi connectivity index (χ3n) is 3.87. The Morgan fingerprint density at radius 2 is 1.90 bits per heavy atom. The van der Waals surface area contributed by atoms with Gasteiger partial charge in [-0.2, -0.15) is 0 Å². The van der Waals surface area contributed by atoms with Gasteiger partial charge in [0.25, 0.3) is 0 Å². The molecule has 0 bridgehead atoms. The summed E-state index contributed by atoms with van der Waals surface area (Å²) in [6.07, 6.45) is 5.75. The number of carbonyl (C=O) groups is 1. The number of aliphatic carboxylic acids is 1. The van der Waals surface area contributed by atoms with Gasteiger partial charge in [-0.1, -0.05) is 12.1 Å². The van der Waals surface area contributed by atoms with E-state index in [1.807, 2.05) is 29.4 Å². The van der Waals surface area contributed by atoms with Gasteiger partial charge in [-0.25, -0.2) is 0 Å². The molecular formula is C16H18N2O2. The lowest BCUT2D eigenvalue weighted by Crippen LogP contribution is -2.35. The minimum atomic E-state index is -0.702. The average Bonchev–Trinajstić information content (AvgIpc) is 3.10. The van der Waals surface area contributed by atoms with Gasteiger partial charge in [0.1, 0.15) is 6.04 Å². The molecule has 0 radical (unpaired) electrons. The molecule has 1 aliphatic heterocycles. The highest BCUT2D eigenvalue weighted by molar-refractivity contribution is 5.73. The van der Waals surface area contributed by atoms with Crippen LogP contribution in [0.15, 0.2) is 48.8 Å². The first-order valence-electron chi connectivity index (χ1n) is 6.93. The van der Waals surface area contributed by atoms with Crippen LogP contribution in [0.4, 0.5) is 0 Å². The fraction of sp³-hybridized carbons (Fsp3) is 0.312. The van der Waals surface area contributed by atoms with E-state index in [1.54, 1.807) is 0 Å². The molecular weight excluding hydrogens is 252 g/mol. The Morgan fingerprint density at radius 3 is 2.55 bits per heavy atom. The smallest absolute Gasteiger partial charge is 0.320 e. The van der Waals surface area contributed by atoms with Crippen molar-refractivity contribution in [1.82, 2.24) is 9.47 Å². The van der Waals surface area contributed by atoms with Gasteiger partial charge in [-0.05, 0) is 49.2 Å². The summed E-state index contributed by atoms with van der Waals surface area (Å²) >= 11 is 0. The van der Waals surface area contributed by atoms with Gasteiger partial charge in [0.05, 0.1) is 0 Å². The summed E-state index contributed by atoms with van der Waals surface area (Å²) in [6.45, 7) is 1.58. The van der Waals surface area contributed by atoms with E-state index in [-0.39, 0.29) is 6.04 Å². The molecule has 0 saturated carbocycles. The van der Waals surface area contributed by atoms with Crippen LogP contribution >= 0.6 is 0 Å². The molecule has 104 valence electrons. The van der Waals surface area contributed by atoms with Crippen molar-refractivity contribution in [1.29, 1.82) is 0 Å². The van der Waals surface area contributed by atoms with Gasteiger partial charge in [0.15, 0.2) is 0 Å². The highest BCUT2D eigenvalue weighted by atomic mass is 16.4. The maximum Gasteiger partial charge on any atom is 0.320 e. The first-order chi connectivity index (χ1) is 9.74. The lowest BCUT2D eigenvalue weighted by molar-refractivity contribution is -0.142. The number of benzene rings is 1. The minimum Gasteiger partial charge on any atom is -0.480 e. The molecule has 1 aromatic carbocycles. The second kappa shape index (κ2) is 5.51. The SMILES string of the molecule is O=C(O)[C@@H]1CCCN1Cc1ccc(-n2cccc2)cc1. The number of nitrogens with zero attached hydrogens (tertiary/aromatic N) is 2. The fourth-order valence-corrected chi connectivity index (χ4v) is 2.81. The Kier molecular flexibility index (Phi) is 3.56. The monoisotopic (exact) mass is 270 g/mol. The molecule has 1 N–H and O–H groups in total. The molecule has 2 aromatic rings. The maximum absolute atomic E-state index is 11.2. The van der Waals surface area contributed by atoms with E-state index in [4.69, 9.17) is 0 Å². The molecule has 0 unspecified atom stereocenters. The molecule has 0 aliphatic carbocycles. The van der Waals surface area contributed by atoms with E-state index in [1.165, 1.54) is 0 Å². The molecule has 20 heavy (non-hydrogen) atoms. The summed E-state index contributed by atoms with van der Waals surface area (Å²) in [5.74, 6) is -0.702. The average molecular weight is 270 g/mol. The van der Waals surface area contributed by atoms with Crippen molar-refractivity contribution in [2.75, 3.05) is 6.54 Å². The Bertz CT molecular complexity index is 575. The van der Waals surface area contributed by atoms with Crippen LogP contribution in [0, 0.1) is 0 Å². The number of carboxylic acid groups (broad SMARTS) is 1. The van der Waals surface area contributed by atoms with E-state index in [9.17, 15) is 9.90 Å². The fourth-order valence-electron chi connectivity index (χ4n) is 2.81. The zero-order valence-corrected chi connectivity index (χ0v) is 11.3. The Balaban J connectivity index is 1.71. The van der Waals surface area contributed by atoms with Gasteiger partial charge in [0, 0.05) is 24.6 Å². The summed E-state index contributed by atoms with van der Waals surface area (Å²) in [5, 5.41) is 9.19. The van der Waals surface area contributed by atoms with Crippen LogP contribution in [0.1, 0.15) is 18.4 Å². The van der Waals surface area contributed by atoms with E-state index < -0.39 is 5.97 Å². The zero-order valence-electron chi connectivity index (χ0n) is 11.3. The van der Waals surface area contributed by atoms with Crippen LogP contribution in [0.25, 0.3) is 5.69 Å². The molecule has 1 aliphatic rings. The summed E-state index contributed by atoms with van der Waals surface area (Å²) in [4.78, 5) is 13.2. The molecule has 4 heteroatoms. The van der Waals surface area contributed by atoms with Crippen molar-refractivity contribution in [3.05, 3.63) is 54.4 Å². The van der Waals surface area contributed by atoms with Crippen molar-refractivity contribution < 1.29 is 9.90 Å². The van der Waals surface area contributed by atoms with Crippen LogP contribution in [0.5, 0.6) is 0 Å². The molecule has 3 rings (SSSR count). The highest BCUT2D eigenvalue weighted by Gasteiger charge is 2.30. The highest BCUT2D eigenvalue weighted by Crippen LogP contribution is 2.21. The number of carboxylic acids is 1. The Morgan fingerprint density at radius 1 is 1.20 bits per heavy atom. The first-order valence-corrected chi connectivity index (χ1v) is 6.93. The third-order valence-corrected chi connectivity index (χ3v) is 3.87. The van der Waals surface area contributed by atoms with Crippen LogP contribution in [0.2, 0.25) is 0 Å². The van der Waals surface area contributed by atoms with Crippen LogP contribution in [0.3, 0.4) is 0 Å². The van der Waals surface area contributed by atoms with E-state index in [0.717, 1.165) is 30.6 Å².